The van der Waals surface area contributed by atoms with E-state index in [1.54, 1.807) is 6.07 Å². The molecule has 0 radical (unpaired) electrons. The molecule has 6 nitrogen and oxygen atoms in total. The van der Waals surface area contributed by atoms with Gasteiger partial charge in [0.15, 0.2) is 6.10 Å². The number of aliphatic carboxylic acids is 1. The van der Waals surface area contributed by atoms with Crippen molar-refractivity contribution in [3.63, 3.8) is 0 Å². The van der Waals surface area contributed by atoms with Gasteiger partial charge in [-0.1, -0.05) is 12.1 Å². The molecule has 2 rings (SSSR count). The first-order valence-corrected chi connectivity index (χ1v) is 7.35. The molecule has 1 aromatic rings. The van der Waals surface area contributed by atoms with Gasteiger partial charge in [0, 0.05) is 5.69 Å². The van der Waals surface area contributed by atoms with Gasteiger partial charge in [-0.15, -0.1) is 0 Å². The summed E-state index contributed by atoms with van der Waals surface area (Å²) in [6.07, 6.45) is -0.689. The molecule has 1 saturated heterocycles. The van der Waals surface area contributed by atoms with Crippen LogP contribution in [0.5, 0.6) is 0 Å². The van der Waals surface area contributed by atoms with Crippen molar-refractivity contribution in [2.75, 3.05) is 5.32 Å². The summed E-state index contributed by atoms with van der Waals surface area (Å²) in [5, 5.41) is 11.6. The van der Waals surface area contributed by atoms with Crippen molar-refractivity contribution in [2.45, 2.75) is 51.6 Å². The van der Waals surface area contributed by atoms with Crippen LogP contribution in [0.3, 0.4) is 0 Å². The minimum absolute atomic E-state index is 0.137. The largest absolute Gasteiger partial charge is 0.479 e. The maximum absolute atomic E-state index is 12.1. The van der Waals surface area contributed by atoms with Crippen molar-refractivity contribution in [3.8, 4) is 0 Å². The third kappa shape index (κ3) is 4.54. The van der Waals surface area contributed by atoms with E-state index in [9.17, 15) is 9.59 Å². The van der Waals surface area contributed by atoms with Gasteiger partial charge >= 0.3 is 5.97 Å². The normalized spacial score (nSPS) is 21.0. The number of hydrogen-bond donors (Lipinski definition) is 2. The second kappa shape index (κ2) is 7.38. The molecule has 0 aromatic heterocycles. The molecule has 1 aromatic carbocycles. The van der Waals surface area contributed by atoms with E-state index in [-0.39, 0.29) is 12.0 Å². The molecule has 1 aliphatic rings. The molecule has 6 heteroatoms. The van der Waals surface area contributed by atoms with Gasteiger partial charge in [-0.05, 0) is 44.4 Å². The smallest absolute Gasteiger partial charge is 0.332 e. The van der Waals surface area contributed by atoms with Crippen molar-refractivity contribution in [1.29, 1.82) is 0 Å². The molecule has 2 atom stereocenters. The predicted molar refractivity (Wildman–Crippen MR) is 80.5 cm³/mol. The fourth-order valence-electron chi connectivity index (χ4n) is 2.24. The van der Waals surface area contributed by atoms with E-state index in [1.165, 1.54) is 0 Å². The van der Waals surface area contributed by atoms with E-state index in [0.29, 0.717) is 25.1 Å². The van der Waals surface area contributed by atoms with Crippen LogP contribution in [0.1, 0.15) is 32.3 Å². The Morgan fingerprint density at radius 2 is 2.09 bits per heavy atom. The second-order valence-electron chi connectivity index (χ2n) is 5.58. The first kappa shape index (κ1) is 16.5. The average Bonchev–Trinajstić information content (AvgIpc) is 2.95. The van der Waals surface area contributed by atoms with Crippen LogP contribution in [-0.2, 0) is 25.7 Å². The molecule has 2 N–H and O–H groups in total. The molecular weight excluding hydrogens is 286 g/mol. The van der Waals surface area contributed by atoms with Gasteiger partial charge in [-0.25, -0.2) is 4.79 Å². The molecule has 0 saturated carbocycles. The Hall–Kier alpha value is -1.92. The zero-order valence-electron chi connectivity index (χ0n) is 12.7. The Bertz CT molecular complexity index is 543. The van der Waals surface area contributed by atoms with Crippen molar-refractivity contribution in [2.24, 2.45) is 0 Å². The van der Waals surface area contributed by atoms with Crippen molar-refractivity contribution < 1.29 is 24.2 Å². The maximum atomic E-state index is 12.1. The van der Waals surface area contributed by atoms with Gasteiger partial charge in [-0.3, -0.25) is 4.79 Å². The molecule has 120 valence electrons. The van der Waals surface area contributed by atoms with Gasteiger partial charge in [-0.2, -0.15) is 0 Å². The number of amides is 1. The minimum Gasteiger partial charge on any atom is -0.479 e. The molecular formula is C16H21NO5. The molecule has 22 heavy (non-hydrogen) atoms. The Balaban J connectivity index is 1.91. The summed E-state index contributed by atoms with van der Waals surface area (Å²) in [7, 11) is 0. The molecule has 1 amide bonds. The van der Waals surface area contributed by atoms with Crippen LogP contribution in [0.15, 0.2) is 24.3 Å². The number of nitrogens with one attached hydrogen (secondary N) is 1. The zero-order chi connectivity index (χ0) is 16.1. The van der Waals surface area contributed by atoms with Crippen LogP contribution in [0.4, 0.5) is 5.69 Å². The van der Waals surface area contributed by atoms with Crippen molar-refractivity contribution >= 4 is 17.6 Å². The Kier molecular flexibility index (Phi) is 5.51. The highest BCUT2D eigenvalue weighted by Crippen LogP contribution is 2.21. The van der Waals surface area contributed by atoms with Gasteiger partial charge < -0.3 is 19.9 Å². The summed E-state index contributed by atoms with van der Waals surface area (Å²) in [6, 6.07) is 7.37. The lowest BCUT2D eigenvalue weighted by atomic mass is 10.1. The Labute approximate surface area is 129 Å². The Morgan fingerprint density at radius 1 is 1.36 bits per heavy atom. The summed E-state index contributed by atoms with van der Waals surface area (Å²) in [5.74, 6) is -1.34. The fraction of sp³-hybridized carbons (Fsp3) is 0.500. The first-order chi connectivity index (χ1) is 10.5. The molecule has 1 heterocycles. The number of benzene rings is 1. The number of carboxylic acids is 1. The van der Waals surface area contributed by atoms with E-state index in [4.69, 9.17) is 14.6 Å². The average molecular weight is 307 g/mol. The number of carbonyl (C=O) groups excluding carboxylic acids is 1. The molecule has 0 spiro atoms. The molecule has 1 aliphatic heterocycles. The van der Waals surface area contributed by atoms with E-state index >= 15 is 0 Å². The van der Waals surface area contributed by atoms with Crippen LogP contribution in [0, 0.1) is 0 Å². The summed E-state index contributed by atoms with van der Waals surface area (Å²) >= 11 is 0. The van der Waals surface area contributed by atoms with E-state index < -0.39 is 18.2 Å². The lowest BCUT2D eigenvalue weighted by molar-refractivity contribution is -0.150. The monoisotopic (exact) mass is 307 g/mol. The van der Waals surface area contributed by atoms with Crippen molar-refractivity contribution in [3.05, 3.63) is 29.8 Å². The lowest BCUT2D eigenvalue weighted by Crippen LogP contribution is -2.29. The SMILES string of the molecule is CC(C)OCc1cccc(NC(=O)[C@@H]2CC[C@H](C(=O)O)O2)c1. The number of carboxylic acid groups (broad SMARTS) is 1. The highest BCUT2D eigenvalue weighted by molar-refractivity contribution is 5.94. The van der Waals surface area contributed by atoms with Crippen LogP contribution in [0.25, 0.3) is 0 Å². The zero-order valence-corrected chi connectivity index (χ0v) is 12.7. The molecule has 1 fully saturated rings. The van der Waals surface area contributed by atoms with Crippen LogP contribution in [0.2, 0.25) is 0 Å². The number of hydrogen-bond acceptors (Lipinski definition) is 4. The summed E-state index contributed by atoms with van der Waals surface area (Å²) in [6.45, 7) is 4.40. The van der Waals surface area contributed by atoms with Gasteiger partial charge in [0.2, 0.25) is 0 Å². The van der Waals surface area contributed by atoms with E-state index in [1.807, 2.05) is 32.0 Å². The second-order valence-corrected chi connectivity index (χ2v) is 5.58. The molecule has 0 bridgehead atoms. The van der Waals surface area contributed by atoms with Crippen molar-refractivity contribution in [1.82, 2.24) is 0 Å². The lowest BCUT2D eigenvalue weighted by Gasteiger charge is -2.13. The highest BCUT2D eigenvalue weighted by atomic mass is 16.5. The van der Waals surface area contributed by atoms with E-state index in [2.05, 4.69) is 5.32 Å². The Morgan fingerprint density at radius 3 is 2.73 bits per heavy atom. The third-order valence-corrected chi connectivity index (χ3v) is 3.37. The highest BCUT2D eigenvalue weighted by Gasteiger charge is 2.34. The van der Waals surface area contributed by atoms with Gasteiger partial charge in [0.05, 0.1) is 12.7 Å². The molecule has 0 aliphatic carbocycles. The molecule has 0 unspecified atom stereocenters. The number of rotatable bonds is 6. The number of ether oxygens (including phenoxy) is 2. The summed E-state index contributed by atoms with van der Waals surface area (Å²) < 4.78 is 10.8. The first-order valence-electron chi connectivity index (χ1n) is 7.35. The minimum atomic E-state index is -1.02. The topological polar surface area (TPSA) is 84.9 Å². The number of anilines is 1. The fourth-order valence-corrected chi connectivity index (χ4v) is 2.24. The van der Waals surface area contributed by atoms with Crippen LogP contribution >= 0.6 is 0 Å². The standard InChI is InChI=1S/C16H21NO5/c1-10(2)21-9-11-4-3-5-12(8-11)17-15(18)13-6-7-14(22-13)16(19)20/h3-5,8,10,13-14H,6-7,9H2,1-2H3,(H,17,18)(H,19,20)/t13-,14+/m0/s1. The van der Waals surface area contributed by atoms with Gasteiger partial charge in [0.1, 0.15) is 6.10 Å². The van der Waals surface area contributed by atoms with Crippen LogP contribution in [-0.4, -0.2) is 35.3 Å². The van der Waals surface area contributed by atoms with E-state index in [0.717, 1.165) is 5.56 Å². The maximum Gasteiger partial charge on any atom is 0.332 e. The number of carbonyl (C=O) groups is 2. The summed E-state index contributed by atoms with van der Waals surface area (Å²) in [4.78, 5) is 22.9. The summed E-state index contributed by atoms with van der Waals surface area (Å²) in [5.41, 5.74) is 1.61. The third-order valence-electron chi connectivity index (χ3n) is 3.37. The van der Waals surface area contributed by atoms with Crippen LogP contribution < -0.4 is 5.32 Å². The quantitative estimate of drug-likeness (QED) is 0.841. The predicted octanol–water partition coefficient (Wildman–Crippen LogP) is 2.18. The van der Waals surface area contributed by atoms with Gasteiger partial charge in [0.25, 0.3) is 5.91 Å².